The highest BCUT2D eigenvalue weighted by atomic mass is 32.5. The summed E-state index contributed by atoms with van der Waals surface area (Å²) in [4.78, 5) is 68.2. The molecular formula is C51H89N9O14P2S. The van der Waals surface area contributed by atoms with Crippen molar-refractivity contribution >= 4 is 43.8 Å². The van der Waals surface area contributed by atoms with E-state index in [9.17, 15) is 28.7 Å². The number of nitrogens with two attached hydrogens (primary N) is 3. The van der Waals surface area contributed by atoms with Gasteiger partial charge < -0.3 is 55.0 Å². The molecule has 0 amide bonds. The first kappa shape index (κ1) is 66.0. The lowest BCUT2D eigenvalue weighted by molar-refractivity contribution is -0.102. The minimum absolute atomic E-state index is 0.0472. The summed E-state index contributed by atoms with van der Waals surface area (Å²) in [6.07, 6.45) is 4.21. The maximum absolute atomic E-state index is 12.4. The first-order chi connectivity index (χ1) is 34.7. The second-order valence-corrected chi connectivity index (χ2v) is 30.5. The summed E-state index contributed by atoms with van der Waals surface area (Å²) >= 11 is 5.19. The van der Waals surface area contributed by atoms with E-state index in [0.29, 0.717) is 25.7 Å². The summed E-state index contributed by atoms with van der Waals surface area (Å²) in [7, 11) is -4.31. The minimum atomic E-state index is -4.31. The summed E-state index contributed by atoms with van der Waals surface area (Å²) in [6, 6.07) is 4.65. The Labute approximate surface area is 459 Å². The Morgan fingerprint density at radius 3 is 1.12 bits per heavy atom. The molecule has 0 radical (unpaired) electrons. The van der Waals surface area contributed by atoms with Gasteiger partial charge >= 0.3 is 31.6 Å². The van der Waals surface area contributed by atoms with Gasteiger partial charge in [-0.25, -0.2) is 18.9 Å². The van der Waals surface area contributed by atoms with Crippen LogP contribution in [0.25, 0.3) is 0 Å². The van der Waals surface area contributed by atoms with Crippen molar-refractivity contribution in [3.63, 3.8) is 0 Å². The molecule has 0 bridgehead atoms. The van der Waals surface area contributed by atoms with Crippen LogP contribution in [0.5, 0.6) is 0 Å². The fourth-order valence-corrected chi connectivity index (χ4v) is 12.4. The third kappa shape index (κ3) is 22.9. The largest absolute Gasteiger partial charge is 0.473 e. The first-order valence-electron chi connectivity index (χ1n) is 25.9. The average Bonchev–Trinajstić information content (AvgIpc) is 3.86. The van der Waals surface area contributed by atoms with Crippen LogP contribution in [-0.2, 0) is 53.4 Å². The molecule has 6 rings (SSSR count). The van der Waals surface area contributed by atoms with Crippen LogP contribution in [0.15, 0.2) is 51.2 Å². The fourth-order valence-electron chi connectivity index (χ4n) is 8.79. The number of hydrogen-bond donors (Lipinski definition) is 5. The summed E-state index contributed by atoms with van der Waals surface area (Å²) < 4.78 is 63.0. The highest BCUT2D eigenvalue weighted by molar-refractivity contribution is 8.07. The van der Waals surface area contributed by atoms with Gasteiger partial charge in [-0.3, -0.25) is 22.7 Å². The van der Waals surface area contributed by atoms with Crippen molar-refractivity contribution in [3.05, 3.63) is 68.2 Å². The van der Waals surface area contributed by atoms with Crippen molar-refractivity contribution in [2.45, 2.75) is 235 Å². The molecule has 0 saturated carbocycles. The monoisotopic (exact) mass is 1150 g/mol. The minimum Gasteiger partial charge on any atom is -0.383 e. The molecule has 23 nitrogen and oxygen atoms in total. The van der Waals surface area contributed by atoms with Gasteiger partial charge in [0.1, 0.15) is 36.1 Å². The van der Waals surface area contributed by atoms with Crippen LogP contribution in [0.4, 0.5) is 17.5 Å². The molecule has 0 aromatic carbocycles. The number of phosphoric acid groups is 1. The maximum atomic E-state index is 12.4. The van der Waals surface area contributed by atoms with Gasteiger partial charge in [-0.2, -0.15) is 15.0 Å². The molecule has 3 fully saturated rings. The van der Waals surface area contributed by atoms with E-state index in [1.165, 1.54) is 32.0 Å². The SMILES string of the molecule is CC(C)(C)C[C@H]1O[C@@H](n2ccc(N)nc2=O)CC1OC(C)(C)C.CC(C)(C)C[C@H]1O[C@@H](n2ccc(N)nc2=O)CC1OP(=O)(O)OC(C)(C)C.CC(C)(C)C[C@H]1O[C@@H](n2ccc(N)nc2=O)CC1OP(O)(=S)OC(C)(C)C. The second kappa shape index (κ2) is 25.1. The molecule has 3 aromatic heterocycles. The zero-order valence-corrected chi connectivity index (χ0v) is 51.0. The molecule has 438 valence electrons. The summed E-state index contributed by atoms with van der Waals surface area (Å²) in [5, 5.41) is 0. The molecule has 3 saturated heterocycles. The third-order valence-electron chi connectivity index (χ3n) is 11.3. The third-order valence-corrected chi connectivity index (χ3v) is 14.4. The average molecular weight is 1150 g/mol. The Morgan fingerprint density at radius 2 is 0.831 bits per heavy atom. The summed E-state index contributed by atoms with van der Waals surface area (Å²) in [5.41, 5.74) is 13.4. The van der Waals surface area contributed by atoms with E-state index in [2.05, 4.69) is 56.5 Å². The van der Waals surface area contributed by atoms with Gasteiger partial charge in [-0.05, 0) is 128 Å². The van der Waals surface area contributed by atoms with Crippen molar-refractivity contribution in [2.75, 3.05) is 17.2 Å². The molecule has 0 spiro atoms. The van der Waals surface area contributed by atoms with Crippen LogP contribution >= 0.6 is 14.5 Å². The van der Waals surface area contributed by atoms with Crippen molar-refractivity contribution in [1.29, 1.82) is 0 Å². The van der Waals surface area contributed by atoms with E-state index in [1.54, 1.807) is 60.0 Å². The molecule has 5 unspecified atom stereocenters. The second-order valence-electron chi connectivity index (χ2n) is 26.4. The number of nitrogen functional groups attached to an aromatic ring is 3. The Hall–Kier alpha value is -3.48. The Kier molecular flexibility index (Phi) is 21.5. The predicted octanol–water partition coefficient (Wildman–Crippen LogP) is 8.55. The van der Waals surface area contributed by atoms with Crippen LogP contribution in [0.3, 0.4) is 0 Å². The molecule has 77 heavy (non-hydrogen) atoms. The zero-order chi connectivity index (χ0) is 58.7. The van der Waals surface area contributed by atoms with E-state index >= 15 is 0 Å². The molecule has 8 N–H and O–H groups in total. The molecule has 3 aliphatic rings. The Balaban J connectivity index is 0.000000250. The number of nitrogens with zero attached hydrogens (tertiary/aromatic N) is 6. The van der Waals surface area contributed by atoms with Crippen molar-refractivity contribution in [2.24, 2.45) is 16.2 Å². The van der Waals surface area contributed by atoms with Crippen molar-refractivity contribution in [3.8, 4) is 0 Å². The zero-order valence-electron chi connectivity index (χ0n) is 48.4. The summed E-state index contributed by atoms with van der Waals surface area (Å²) in [6.45, 7) is 31.9. The molecule has 0 aliphatic carbocycles. The van der Waals surface area contributed by atoms with Gasteiger partial charge in [0, 0.05) is 37.9 Å². The molecule has 3 aliphatic heterocycles. The smallest absolute Gasteiger partial charge is 0.383 e. The van der Waals surface area contributed by atoms with Gasteiger partial charge in [0.2, 0.25) is 0 Å². The van der Waals surface area contributed by atoms with Crippen molar-refractivity contribution in [1.82, 2.24) is 28.7 Å². The van der Waals surface area contributed by atoms with Crippen LogP contribution in [0, 0.1) is 16.2 Å². The first-order valence-corrected chi connectivity index (χ1v) is 30.0. The lowest BCUT2D eigenvalue weighted by Crippen LogP contribution is -2.35. The van der Waals surface area contributed by atoms with Gasteiger partial charge in [0.15, 0.2) is 0 Å². The number of aromatic nitrogens is 6. The normalized spacial score (nSPS) is 26.0. The van der Waals surface area contributed by atoms with Crippen molar-refractivity contribution < 1.29 is 51.4 Å². The summed E-state index contributed by atoms with van der Waals surface area (Å²) in [5.74, 6) is 0.488. The molecular weight excluding hydrogens is 1060 g/mol. The van der Waals surface area contributed by atoms with E-state index < -0.39 is 67.9 Å². The van der Waals surface area contributed by atoms with Gasteiger partial charge in [0.05, 0.1) is 53.4 Å². The number of phosphoric ester groups is 1. The molecule has 11 atom stereocenters. The van der Waals surface area contributed by atoms with E-state index in [-0.39, 0.29) is 75.9 Å². The molecule has 6 heterocycles. The van der Waals surface area contributed by atoms with Crippen LogP contribution in [0.1, 0.15) is 182 Å². The highest BCUT2D eigenvalue weighted by Crippen LogP contribution is 2.53. The number of rotatable bonds is 13. The van der Waals surface area contributed by atoms with E-state index in [0.717, 1.165) is 6.42 Å². The van der Waals surface area contributed by atoms with E-state index in [4.69, 9.17) is 66.1 Å². The Morgan fingerprint density at radius 1 is 0.532 bits per heavy atom. The number of anilines is 3. The predicted molar refractivity (Wildman–Crippen MR) is 299 cm³/mol. The lowest BCUT2D eigenvalue weighted by Gasteiger charge is -2.31. The topological polar surface area (TPSA) is 314 Å². The highest BCUT2D eigenvalue weighted by Gasteiger charge is 2.46. The van der Waals surface area contributed by atoms with Crippen LogP contribution in [0.2, 0.25) is 0 Å². The standard InChI is InChI=1S/C17H30N3O6P.C17H30N3O5PS.C17H29N3O3/c1-16(2,3)10-12-11(25-27(22,23)26-17(4,5)6)9-14(24-12)20-8-7-13(18)19-15(20)21;1-16(2,3)10-12-11(24-26(22,27)25-17(4,5)6)9-14(23-12)20-8-7-13(18)19-15(20)21;1-16(2,3)10-12-11(23-17(4,5)6)9-14(22-12)20-8-7-13(18)19-15(20)21/h7-8,11-12,14H,9-10H2,1-6H3,(H,22,23)(H2,18,19,21);7-8,11-12,14H,9-10H2,1-6H3,(H,22,27)(H2,18,19,21);7-8,11-12,14H,9-10H2,1-6H3,(H2,18,19,21)/t11?,12-,14-;11?,12-,14-,26?;11?,12-,14-/m111/s1. The van der Waals surface area contributed by atoms with Gasteiger partial charge in [-0.1, -0.05) is 62.3 Å². The lowest BCUT2D eigenvalue weighted by atomic mass is 9.87. The van der Waals surface area contributed by atoms with E-state index in [1.807, 2.05) is 41.5 Å². The number of hydrogen-bond acceptors (Lipinski definition) is 19. The Bertz CT molecular complexity index is 2570. The maximum Gasteiger partial charge on any atom is 0.473 e. The van der Waals surface area contributed by atoms with Gasteiger partial charge in [0.25, 0.3) is 0 Å². The van der Waals surface area contributed by atoms with Crippen LogP contribution in [-0.4, -0.2) is 91.9 Å². The number of ether oxygens (including phenoxy) is 4. The fraction of sp³-hybridized carbons (Fsp3) is 0.765. The quantitative estimate of drug-likeness (QED) is 0.100. The molecule has 26 heteroatoms. The molecule has 3 aromatic rings. The van der Waals surface area contributed by atoms with Crippen LogP contribution < -0.4 is 34.3 Å². The van der Waals surface area contributed by atoms with Gasteiger partial charge in [-0.15, -0.1) is 0 Å².